The molecule has 2 saturated heterocycles. The number of nitrogens with zero attached hydrogens (tertiary/aromatic N) is 1. The maximum atomic E-state index is 11.3. The van der Waals surface area contributed by atoms with Crippen LogP contribution < -0.4 is 0 Å². The van der Waals surface area contributed by atoms with Gasteiger partial charge in [0, 0.05) is 5.92 Å². The molecule has 2 aliphatic heterocycles. The van der Waals surface area contributed by atoms with Crippen LogP contribution in [0.4, 0.5) is 0 Å². The number of fused-ring (bicyclic) bond motifs is 2. The second-order valence-corrected chi connectivity index (χ2v) is 5.33. The number of carbonyl (C=O) groups excluding carboxylic acids is 1. The number of methoxy groups -OCH3 is 1. The zero-order chi connectivity index (χ0) is 11.1. The van der Waals surface area contributed by atoms with Gasteiger partial charge < -0.3 is 9.47 Å². The van der Waals surface area contributed by atoms with Gasteiger partial charge in [0.1, 0.15) is 4.88 Å². The average molecular weight is 239 g/mol. The molecule has 3 heterocycles. The maximum absolute atomic E-state index is 11.3. The first-order chi connectivity index (χ1) is 7.78. The molecule has 4 nitrogen and oxygen atoms in total. The summed E-state index contributed by atoms with van der Waals surface area (Å²) in [4.78, 5) is 16.2. The van der Waals surface area contributed by atoms with E-state index >= 15 is 0 Å². The summed E-state index contributed by atoms with van der Waals surface area (Å²) in [5.41, 5.74) is 0. The molecule has 16 heavy (non-hydrogen) atoms. The summed E-state index contributed by atoms with van der Waals surface area (Å²) < 4.78 is 10.5. The van der Waals surface area contributed by atoms with Crippen LogP contribution in [-0.2, 0) is 9.47 Å². The Kier molecular flexibility index (Phi) is 2.44. The summed E-state index contributed by atoms with van der Waals surface area (Å²) in [6.07, 6.45) is 5.71. The Morgan fingerprint density at radius 2 is 2.50 bits per heavy atom. The normalized spacial score (nSPS) is 31.9. The highest BCUT2D eigenvalue weighted by molar-refractivity contribution is 7.13. The predicted octanol–water partition coefficient (Wildman–Crippen LogP) is 1.96. The Bertz CT molecular complexity index is 417. The molecule has 3 unspecified atom stereocenters. The molecule has 2 fully saturated rings. The van der Waals surface area contributed by atoms with Gasteiger partial charge in [0.25, 0.3) is 0 Å². The Balaban J connectivity index is 1.80. The number of thiazole rings is 1. The van der Waals surface area contributed by atoms with E-state index in [1.807, 2.05) is 0 Å². The van der Waals surface area contributed by atoms with Crippen molar-refractivity contribution in [1.29, 1.82) is 0 Å². The van der Waals surface area contributed by atoms with Crippen molar-refractivity contribution in [3.63, 3.8) is 0 Å². The van der Waals surface area contributed by atoms with Crippen LogP contribution in [0.1, 0.15) is 39.9 Å². The number of carbonyl (C=O) groups is 1. The molecule has 5 heteroatoms. The van der Waals surface area contributed by atoms with Gasteiger partial charge in [-0.3, -0.25) is 0 Å². The summed E-state index contributed by atoms with van der Waals surface area (Å²) >= 11 is 1.44. The lowest BCUT2D eigenvalue weighted by Gasteiger charge is -2.15. The van der Waals surface area contributed by atoms with E-state index < -0.39 is 0 Å². The summed E-state index contributed by atoms with van der Waals surface area (Å²) in [5, 5.41) is 1.02. The van der Waals surface area contributed by atoms with Gasteiger partial charge in [-0.1, -0.05) is 0 Å². The standard InChI is InChI=1S/C11H13NO3S/c1-14-11(13)9-5-12-10(16-9)7-4-6-2-3-8(7)15-6/h5-8H,2-4H2,1H3. The van der Waals surface area contributed by atoms with Crippen molar-refractivity contribution in [2.75, 3.05) is 7.11 Å². The first kappa shape index (κ1) is 10.2. The third-order valence-electron chi connectivity index (χ3n) is 3.33. The molecule has 0 radical (unpaired) electrons. The van der Waals surface area contributed by atoms with E-state index in [-0.39, 0.29) is 5.97 Å². The Labute approximate surface area is 97.6 Å². The third-order valence-corrected chi connectivity index (χ3v) is 4.44. The number of hydrogen-bond donors (Lipinski definition) is 0. The van der Waals surface area contributed by atoms with Gasteiger partial charge in [-0.2, -0.15) is 0 Å². The smallest absolute Gasteiger partial charge is 0.349 e. The molecule has 0 N–H and O–H groups in total. The van der Waals surface area contributed by atoms with Crippen LogP contribution in [0, 0.1) is 0 Å². The molecule has 1 aromatic heterocycles. The van der Waals surface area contributed by atoms with E-state index in [9.17, 15) is 4.79 Å². The fraction of sp³-hybridized carbons (Fsp3) is 0.636. The predicted molar refractivity (Wildman–Crippen MR) is 58.7 cm³/mol. The van der Waals surface area contributed by atoms with E-state index in [0.29, 0.717) is 23.0 Å². The molecule has 3 atom stereocenters. The molecular weight excluding hydrogens is 226 g/mol. The Morgan fingerprint density at radius 1 is 1.62 bits per heavy atom. The molecule has 0 amide bonds. The van der Waals surface area contributed by atoms with Crippen LogP contribution in [0.25, 0.3) is 0 Å². The van der Waals surface area contributed by atoms with Crippen LogP contribution in [0.3, 0.4) is 0 Å². The first-order valence-corrected chi connectivity index (χ1v) is 6.29. The zero-order valence-electron chi connectivity index (χ0n) is 9.01. The number of aromatic nitrogens is 1. The zero-order valence-corrected chi connectivity index (χ0v) is 9.83. The van der Waals surface area contributed by atoms with Crippen molar-refractivity contribution in [3.8, 4) is 0 Å². The van der Waals surface area contributed by atoms with Crippen molar-refractivity contribution in [2.24, 2.45) is 0 Å². The number of hydrogen-bond acceptors (Lipinski definition) is 5. The molecule has 0 spiro atoms. The molecule has 3 rings (SSSR count). The van der Waals surface area contributed by atoms with Gasteiger partial charge in [-0.05, 0) is 19.3 Å². The molecule has 0 aliphatic carbocycles. The fourth-order valence-electron chi connectivity index (χ4n) is 2.55. The van der Waals surface area contributed by atoms with Crippen molar-refractivity contribution in [1.82, 2.24) is 4.98 Å². The van der Waals surface area contributed by atoms with E-state index in [4.69, 9.17) is 4.74 Å². The minimum atomic E-state index is -0.298. The minimum absolute atomic E-state index is 0.298. The van der Waals surface area contributed by atoms with E-state index in [0.717, 1.165) is 17.8 Å². The van der Waals surface area contributed by atoms with Gasteiger partial charge in [-0.15, -0.1) is 11.3 Å². The van der Waals surface area contributed by atoms with E-state index in [2.05, 4.69) is 9.72 Å². The SMILES string of the molecule is COC(=O)c1cnc(C2CC3CCC2O3)s1. The quantitative estimate of drug-likeness (QED) is 0.740. The molecule has 0 saturated carbocycles. The van der Waals surface area contributed by atoms with Crippen LogP contribution in [-0.4, -0.2) is 30.3 Å². The van der Waals surface area contributed by atoms with Gasteiger partial charge in [0.05, 0.1) is 30.5 Å². The molecule has 86 valence electrons. The average Bonchev–Trinajstić information content (AvgIpc) is 3.02. The number of rotatable bonds is 2. The third kappa shape index (κ3) is 1.55. The van der Waals surface area contributed by atoms with Crippen LogP contribution in [0.5, 0.6) is 0 Å². The monoisotopic (exact) mass is 239 g/mol. The van der Waals surface area contributed by atoms with Gasteiger partial charge >= 0.3 is 5.97 Å². The van der Waals surface area contributed by atoms with Gasteiger partial charge in [0.15, 0.2) is 0 Å². The second-order valence-electron chi connectivity index (χ2n) is 4.27. The van der Waals surface area contributed by atoms with Crippen molar-refractivity contribution in [3.05, 3.63) is 16.1 Å². The molecule has 2 aliphatic rings. The van der Waals surface area contributed by atoms with Crippen LogP contribution in [0.15, 0.2) is 6.20 Å². The maximum Gasteiger partial charge on any atom is 0.349 e. The lowest BCUT2D eigenvalue weighted by molar-refractivity contribution is 0.0606. The Hall–Kier alpha value is -0.940. The van der Waals surface area contributed by atoms with E-state index in [1.165, 1.54) is 24.9 Å². The summed E-state index contributed by atoms with van der Waals surface area (Å²) in [6, 6.07) is 0. The largest absolute Gasteiger partial charge is 0.465 e. The molecular formula is C11H13NO3S. The van der Waals surface area contributed by atoms with Crippen LogP contribution >= 0.6 is 11.3 Å². The summed E-state index contributed by atoms with van der Waals surface area (Å²) in [6.45, 7) is 0. The minimum Gasteiger partial charge on any atom is -0.465 e. The summed E-state index contributed by atoms with van der Waals surface area (Å²) in [7, 11) is 1.39. The topological polar surface area (TPSA) is 48.4 Å². The number of esters is 1. The fourth-order valence-corrected chi connectivity index (χ4v) is 3.55. The lowest BCUT2D eigenvalue weighted by atomic mass is 9.90. The lowest BCUT2D eigenvalue weighted by Crippen LogP contribution is -2.13. The Morgan fingerprint density at radius 3 is 3.12 bits per heavy atom. The van der Waals surface area contributed by atoms with Crippen molar-refractivity contribution < 1.29 is 14.3 Å². The van der Waals surface area contributed by atoms with Crippen molar-refractivity contribution >= 4 is 17.3 Å². The molecule has 0 aromatic carbocycles. The molecule has 2 bridgehead atoms. The van der Waals surface area contributed by atoms with Crippen LogP contribution in [0.2, 0.25) is 0 Å². The first-order valence-electron chi connectivity index (χ1n) is 5.47. The van der Waals surface area contributed by atoms with Gasteiger partial charge in [0.2, 0.25) is 0 Å². The summed E-state index contributed by atoms with van der Waals surface area (Å²) in [5.74, 6) is 0.0926. The highest BCUT2D eigenvalue weighted by Gasteiger charge is 2.42. The van der Waals surface area contributed by atoms with E-state index in [1.54, 1.807) is 6.20 Å². The van der Waals surface area contributed by atoms with Gasteiger partial charge in [-0.25, -0.2) is 9.78 Å². The highest BCUT2D eigenvalue weighted by atomic mass is 32.1. The molecule has 1 aromatic rings. The second kappa shape index (κ2) is 3.82. The van der Waals surface area contributed by atoms with Crippen molar-refractivity contribution in [2.45, 2.75) is 37.4 Å². The highest BCUT2D eigenvalue weighted by Crippen LogP contribution is 2.45. The number of ether oxygens (including phenoxy) is 2.